The molecule has 0 aromatic heterocycles. The van der Waals surface area contributed by atoms with Gasteiger partial charge in [0.15, 0.2) is 6.10 Å². The molecule has 0 fully saturated rings. The van der Waals surface area contributed by atoms with Gasteiger partial charge >= 0.3 is 5.97 Å². The van der Waals surface area contributed by atoms with E-state index < -0.39 is 22.1 Å². The Bertz CT molecular complexity index is 1080. The van der Waals surface area contributed by atoms with Crippen LogP contribution in [0.25, 0.3) is 0 Å². The Balaban J connectivity index is 2.23. The predicted octanol–water partition coefficient (Wildman–Crippen LogP) is 4.75. The third-order valence-corrected chi connectivity index (χ3v) is 7.63. The van der Waals surface area contributed by atoms with Gasteiger partial charge in [-0.1, -0.05) is 65.0 Å². The molecular weight excluding hydrogens is 426 g/mol. The molecule has 0 saturated carbocycles. The van der Waals surface area contributed by atoms with Crippen LogP contribution in [0.15, 0.2) is 47.4 Å². The van der Waals surface area contributed by atoms with Crippen LogP contribution in [0.1, 0.15) is 73.4 Å². The zero-order chi connectivity index (χ0) is 24.3. The SMILES string of the molecule is CCN(CC)S(=O)(=O)c1cc(C(=O)O[C@@H](C)C(=O)c2ccc(C(C)(C)C)cc2)ccc1C. The number of aryl methyl sites for hydroxylation is 1. The number of ketones is 1. The third kappa shape index (κ3) is 5.64. The summed E-state index contributed by atoms with van der Waals surface area (Å²) in [5.74, 6) is -1.06. The molecule has 0 aliphatic heterocycles. The van der Waals surface area contributed by atoms with Gasteiger partial charge in [-0.3, -0.25) is 4.79 Å². The molecule has 2 aromatic carbocycles. The lowest BCUT2D eigenvalue weighted by molar-refractivity contribution is 0.0318. The van der Waals surface area contributed by atoms with Gasteiger partial charge in [-0.25, -0.2) is 13.2 Å². The number of ether oxygens (including phenoxy) is 1. The molecule has 0 aliphatic rings. The summed E-state index contributed by atoms with van der Waals surface area (Å²) >= 11 is 0. The molecule has 0 unspecified atom stereocenters. The van der Waals surface area contributed by atoms with Crippen LogP contribution in [0.4, 0.5) is 0 Å². The molecular formula is C25H33NO5S. The minimum Gasteiger partial charge on any atom is -0.451 e. The van der Waals surface area contributed by atoms with Gasteiger partial charge in [0.1, 0.15) is 0 Å². The van der Waals surface area contributed by atoms with Crippen molar-refractivity contribution in [1.82, 2.24) is 4.31 Å². The summed E-state index contributed by atoms with van der Waals surface area (Å²) in [5.41, 5.74) is 2.14. The van der Waals surface area contributed by atoms with Gasteiger partial charge in [-0.2, -0.15) is 4.31 Å². The number of carbonyl (C=O) groups excluding carboxylic acids is 2. The molecule has 1 atom stereocenters. The number of benzene rings is 2. The molecule has 2 rings (SSSR count). The monoisotopic (exact) mass is 459 g/mol. The number of esters is 1. The van der Waals surface area contributed by atoms with Gasteiger partial charge < -0.3 is 4.74 Å². The Morgan fingerprint density at radius 2 is 1.50 bits per heavy atom. The molecule has 0 bridgehead atoms. The summed E-state index contributed by atoms with van der Waals surface area (Å²) < 4.78 is 32.6. The van der Waals surface area contributed by atoms with Crippen LogP contribution in [0.5, 0.6) is 0 Å². The Morgan fingerprint density at radius 1 is 0.969 bits per heavy atom. The quantitative estimate of drug-likeness (QED) is 0.420. The maximum Gasteiger partial charge on any atom is 0.338 e. The van der Waals surface area contributed by atoms with Gasteiger partial charge in [-0.05, 0) is 42.5 Å². The number of hydrogen-bond donors (Lipinski definition) is 0. The second-order valence-electron chi connectivity index (χ2n) is 8.81. The normalized spacial score (nSPS) is 13.1. The number of rotatable bonds is 8. The van der Waals surface area contributed by atoms with Gasteiger partial charge in [0.25, 0.3) is 0 Å². The summed E-state index contributed by atoms with van der Waals surface area (Å²) in [5, 5.41) is 0. The average molecular weight is 460 g/mol. The Hall–Kier alpha value is -2.51. The fraction of sp³-hybridized carbons (Fsp3) is 0.440. The topological polar surface area (TPSA) is 80.8 Å². The molecule has 7 heteroatoms. The number of hydrogen-bond acceptors (Lipinski definition) is 5. The van der Waals surface area contributed by atoms with Crippen molar-refractivity contribution < 1.29 is 22.7 Å². The molecule has 0 amide bonds. The second kappa shape index (κ2) is 9.96. The van der Waals surface area contributed by atoms with Crippen molar-refractivity contribution in [2.45, 2.75) is 64.9 Å². The Labute approximate surface area is 191 Å². The maximum atomic E-state index is 12.9. The Kier molecular flexibility index (Phi) is 8.02. The average Bonchev–Trinajstić information content (AvgIpc) is 2.73. The highest BCUT2D eigenvalue weighted by Gasteiger charge is 2.26. The fourth-order valence-electron chi connectivity index (χ4n) is 3.36. The van der Waals surface area contributed by atoms with E-state index in [4.69, 9.17) is 4.74 Å². The standard InChI is InChI=1S/C25H33NO5S/c1-8-26(9-2)32(29,30)22-16-20(11-10-17(22)3)24(28)31-18(4)23(27)19-12-14-21(15-13-19)25(5,6)7/h10-16,18H,8-9H2,1-7H3/t18-/m0/s1. The first-order valence-corrected chi connectivity index (χ1v) is 12.2. The third-order valence-electron chi connectivity index (χ3n) is 5.44. The van der Waals surface area contributed by atoms with Gasteiger partial charge in [0, 0.05) is 18.7 Å². The van der Waals surface area contributed by atoms with Crippen molar-refractivity contribution in [2.24, 2.45) is 0 Å². The molecule has 174 valence electrons. The Morgan fingerprint density at radius 3 is 2.00 bits per heavy atom. The molecule has 32 heavy (non-hydrogen) atoms. The zero-order valence-corrected chi connectivity index (χ0v) is 20.7. The molecule has 0 heterocycles. The van der Waals surface area contributed by atoms with Gasteiger partial charge in [0.05, 0.1) is 10.5 Å². The summed E-state index contributed by atoms with van der Waals surface area (Å²) in [6.45, 7) is 13.6. The second-order valence-corrected chi connectivity index (χ2v) is 10.7. The number of sulfonamides is 1. The van der Waals surface area contributed by atoms with Crippen LogP contribution in [0.3, 0.4) is 0 Å². The van der Waals surface area contributed by atoms with E-state index in [1.807, 2.05) is 12.1 Å². The van der Waals surface area contributed by atoms with Crippen LogP contribution in [0, 0.1) is 6.92 Å². The van der Waals surface area contributed by atoms with Crippen molar-refractivity contribution in [2.75, 3.05) is 13.1 Å². The van der Waals surface area contributed by atoms with Crippen molar-refractivity contribution in [3.8, 4) is 0 Å². The van der Waals surface area contributed by atoms with Crippen LogP contribution in [0.2, 0.25) is 0 Å². The van der Waals surface area contributed by atoms with Gasteiger partial charge in [-0.15, -0.1) is 0 Å². The van der Waals surface area contributed by atoms with E-state index in [1.54, 1.807) is 39.0 Å². The van der Waals surface area contributed by atoms with E-state index in [0.29, 0.717) is 24.2 Å². The fourth-order valence-corrected chi connectivity index (χ4v) is 5.07. The van der Waals surface area contributed by atoms with E-state index in [-0.39, 0.29) is 21.7 Å². The minimum absolute atomic E-state index is 0.0335. The van der Waals surface area contributed by atoms with Crippen molar-refractivity contribution >= 4 is 21.8 Å². The molecule has 0 spiro atoms. The first kappa shape index (κ1) is 25.7. The number of carbonyl (C=O) groups is 2. The van der Waals surface area contributed by atoms with E-state index in [2.05, 4.69) is 20.8 Å². The van der Waals surface area contributed by atoms with E-state index >= 15 is 0 Å². The summed E-state index contributed by atoms with van der Waals surface area (Å²) in [7, 11) is -3.73. The lowest BCUT2D eigenvalue weighted by Gasteiger charge is -2.20. The van der Waals surface area contributed by atoms with Crippen LogP contribution in [-0.4, -0.2) is 43.7 Å². The smallest absolute Gasteiger partial charge is 0.338 e. The summed E-state index contributed by atoms with van der Waals surface area (Å²) in [4.78, 5) is 25.5. The first-order chi connectivity index (χ1) is 14.8. The highest BCUT2D eigenvalue weighted by Crippen LogP contribution is 2.24. The van der Waals surface area contributed by atoms with Crippen LogP contribution >= 0.6 is 0 Å². The molecule has 0 saturated heterocycles. The van der Waals surface area contributed by atoms with E-state index in [0.717, 1.165) is 5.56 Å². The van der Waals surface area contributed by atoms with Gasteiger partial charge in [0.2, 0.25) is 15.8 Å². The van der Waals surface area contributed by atoms with Crippen molar-refractivity contribution in [1.29, 1.82) is 0 Å². The maximum absolute atomic E-state index is 12.9. The molecule has 2 aromatic rings. The minimum atomic E-state index is -3.73. The predicted molar refractivity (Wildman–Crippen MR) is 126 cm³/mol. The number of nitrogens with zero attached hydrogens (tertiary/aromatic N) is 1. The van der Waals surface area contributed by atoms with Crippen molar-refractivity contribution in [3.05, 3.63) is 64.7 Å². The van der Waals surface area contributed by atoms with E-state index in [9.17, 15) is 18.0 Å². The van der Waals surface area contributed by atoms with Crippen molar-refractivity contribution in [3.63, 3.8) is 0 Å². The van der Waals surface area contributed by atoms with Crippen LogP contribution in [-0.2, 0) is 20.2 Å². The lowest BCUT2D eigenvalue weighted by atomic mass is 9.86. The highest BCUT2D eigenvalue weighted by molar-refractivity contribution is 7.89. The van der Waals surface area contributed by atoms with Crippen LogP contribution < -0.4 is 0 Å². The lowest BCUT2D eigenvalue weighted by Crippen LogP contribution is -2.31. The first-order valence-electron chi connectivity index (χ1n) is 10.8. The number of Topliss-reactive ketones (excluding diaryl/α,β-unsaturated/α-hetero) is 1. The largest absolute Gasteiger partial charge is 0.451 e. The summed E-state index contributed by atoms with van der Waals surface area (Å²) in [6, 6.07) is 11.7. The zero-order valence-electron chi connectivity index (χ0n) is 19.9. The summed E-state index contributed by atoms with van der Waals surface area (Å²) in [6.07, 6.45) is -1.01. The highest BCUT2D eigenvalue weighted by atomic mass is 32.2. The molecule has 0 N–H and O–H groups in total. The molecule has 0 radical (unpaired) electrons. The molecule has 6 nitrogen and oxygen atoms in total. The molecule has 0 aliphatic carbocycles. The van der Waals surface area contributed by atoms with E-state index in [1.165, 1.54) is 23.4 Å².